The molecule has 1 fully saturated rings. The molecular weight excluding hydrogens is 247 g/mol. The van der Waals surface area contributed by atoms with Crippen molar-refractivity contribution < 1.29 is 4.79 Å². The van der Waals surface area contributed by atoms with Crippen LogP contribution in [-0.2, 0) is 0 Å². The first-order chi connectivity index (χ1) is 7.59. The highest BCUT2D eigenvalue weighted by atomic mass is 35.5. The summed E-state index contributed by atoms with van der Waals surface area (Å²) < 4.78 is 0. The number of carbonyl (C=O) groups is 1. The van der Waals surface area contributed by atoms with Crippen LogP contribution in [0, 0.1) is 0 Å². The molecule has 0 bridgehead atoms. The van der Waals surface area contributed by atoms with Gasteiger partial charge in [-0.15, -0.1) is 0 Å². The summed E-state index contributed by atoms with van der Waals surface area (Å²) in [5.41, 5.74) is 6.13. The van der Waals surface area contributed by atoms with Crippen molar-refractivity contribution in [1.82, 2.24) is 4.90 Å². The van der Waals surface area contributed by atoms with E-state index in [0.717, 1.165) is 6.42 Å². The van der Waals surface area contributed by atoms with Gasteiger partial charge in [0.1, 0.15) is 0 Å². The lowest BCUT2D eigenvalue weighted by atomic mass is 10.2. The third-order valence-electron chi connectivity index (χ3n) is 2.69. The van der Waals surface area contributed by atoms with Gasteiger partial charge >= 0.3 is 0 Å². The first kappa shape index (κ1) is 11.7. The van der Waals surface area contributed by atoms with Crippen LogP contribution in [0.15, 0.2) is 18.2 Å². The molecule has 0 radical (unpaired) electrons. The molecule has 5 heteroatoms. The second-order valence-electron chi connectivity index (χ2n) is 3.90. The number of nitrogens with two attached hydrogens (primary N) is 1. The Balaban J connectivity index is 2.27. The van der Waals surface area contributed by atoms with E-state index < -0.39 is 0 Å². The average Bonchev–Trinajstić information content (AvgIpc) is 2.64. The minimum atomic E-state index is -0.136. The molecule has 0 aromatic heterocycles. The first-order valence-electron chi connectivity index (χ1n) is 5.08. The van der Waals surface area contributed by atoms with E-state index in [1.54, 1.807) is 23.1 Å². The molecule has 1 aliphatic rings. The summed E-state index contributed by atoms with van der Waals surface area (Å²) in [6.45, 7) is 1.24. The highest BCUT2D eigenvalue weighted by Crippen LogP contribution is 2.26. The molecule has 0 spiro atoms. The Morgan fingerprint density at radius 3 is 2.50 bits per heavy atom. The van der Waals surface area contributed by atoms with Crippen LogP contribution < -0.4 is 5.73 Å². The van der Waals surface area contributed by atoms with Crippen molar-refractivity contribution in [1.29, 1.82) is 0 Å². The predicted molar refractivity (Wildman–Crippen MR) is 65.0 cm³/mol. The van der Waals surface area contributed by atoms with Gasteiger partial charge in [-0.3, -0.25) is 4.79 Å². The van der Waals surface area contributed by atoms with Gasteiger partial charge in [0.25, 0.3) is 5.91 Å². The van der Waals surface area contributed by atoms with Gasteiger partial charge in [-0.05, 0) is 18.6 Å². The zero-order chi connectivity index (χ0) is 11.7. The summed E-state index contributed by atoms with van der Waals surface area (Å²) in [6, 6.07) is 5.11. The lowest BCUT2D eigenvalue weighted by molar-refractivity contribution is 0.0791. The van der Waals surface area contributed by atoms with Crippen LogP contribution >= 0.6 is 23.2 Å². The number of benzene rings is 1. The van der Waals surface area contributed by atoms with Crippen LogP contribution in [0.5, 0.6) is 0 Å². The van der Waals surface area contributed by atoms with Crippen molar-refractivity contribution in [2.75, 3.05) is 13.1 Å². The molecule has 1 heterocycles. The first-order valence-corrected chi connectivity index (χ1v) is 5.84. The fraction of sp³-hybridized carbons (Fsp3) is 0.364. The van der Waals surface area contributed by atoms with Gasteiger partial charge in [0.2, 0.25) is 0 Å². The van der Waals surface area contributed by atoms with Crippen molar-refractivity contribution in [3.63, 3.8) is 0 Å². The molecule has 0 saturated carbocycles. The molecule has 1 saturated heterocycles. The number of hydrogen-bond acceptors (Lipinski definition) is 2. The second kappa shape index (κ2) is 4.62. The standard InChI is InChI=1S/C11H12Cl2N2O/c12-8-2-1-3-9(13)10(8)11(16)15-5-4-7(14)6-15/h1-3,7H,4-6,14H2. The summed E-state index contributed by atoms with van der Waals surface area (Å²) in [5.74, 6) is -0.136. The summed E-state index contributed by atoms with van der Waals surface area (Å²) in [7, 11) is 0. The van der Waals surface area contributed by atoms with Gasteiger partial charge in [0.05, 0.1) is 15.6 Å². The fourth-order valence-corrected chi connectivity index (χ4v) is 2.39. The summed E-state index contributed by atoms with van der Waals surface area (Å²) in [6.07, 6.45) is 0.827. The maximum absolute atomic E-state index is 12.1. The molecule has 16 heavy (non-hydrogen) atoms. The average molecular weight is 259 g/mol. The third kappa shape index (κ3) is 2.17. The van der Waals surface area contributed by atoms with Gasteiger partial charge in [-0.2, -0.15) is 0 Å². The van der Waals surface area contributed by atoms with E-state index in [9.17, 15) is 4.79 Å². The van der Waals surface area contributed by atoms with Crippen LogP contribution in [0.2, 0.25) is 10.0 Å². The molecule has 86 valence electrons. The maximum Gasteiger partial charge on any atom is 0.256 e. The summed E-state index contributed by atoms with van der Waals surface area (Å²) in [4.78, 5) is 13.8. The minimum absolute atomic E-state index is 0.0604. The van der Waals surface area contributed by atoms with E-state index in [-0.39, 0.29) is 11.9 Å². The van der Waals surface area contributed by atoms with Gasteiger partial charge in [0, 0.05) is 19.1 Å². The molecule has 1 aromatic carbocycles. The summed E-state index contributed by atoms with van der Waals surface area (Å²) >= 11 is 12.0. The number of carbonyl (C=O) groups excluding carboxylic acids is 1. The zero-order valence-electron chi connectivity index (χ0n) is 8.62. The molecular formula is C11H12Cl2N2O. The highest BCUT2D eigenvalue weighted by molar-refractivity contribution is 6.39. The lowest BCUT2D eigenvalue weighted by Crippen LogP contribution is -2.32. The maximum atomic E-state index is 12.1. The third-order valence-corrected chi connectivity index (χ3v) is 3.32. The van der Waals surface area contributed by atoms with E-state index in [1.807, 2.05) is 0 Å². The number of likely N-dealkylation sites (tertiary alicyclic amines) is 1. The Labute approximate surface area is 104 Å². The van der Waals surface area contributed by atoms with Gasteiger partial charge in [-0.25, -0.2) is 0 Å². The van der Waals surface area contributed by atoms with Gasteiger partial charge < -0.3 is 10.6 Å². The van der Waals surface area contributed by atoms with Crippen LogP contribution in [0.1, 0.15) is 16.8 Å². The quantitative estimate of drug-likeness (QED) is 0.840. The van der Waals surface area contributed by atoms with Crippen LogP contribution in [0.3, 0.4) is 0 Å². The normalized spacial score (nSPS) is 20.2. The zero-order valence-corrected chi connectivity index (χ0v) is 10.1. The van der Waals surface area contributed by atoms with E-state index >= 15 is 0 Å². The van der Waals surface area contributed by atoms with Crippen LogP contribution in [-0.4, -0.2) is 29.9 Å². The largest absolute Gasteiger partial charge is 0.337 e. The number of nitrogens with zero attached hydrogens (tertiary/aromatic N) is 1. The minimum Gasteiger partial charge on any atom is -0.337 e. The Bertz CT molecular complexity index is 402. The predicted octanol–water partition coefficient (Wildman–Crippen LogP) is 2.17. The Morgan fingerprint density at radius 2 is 2.00 bits per heavy atom. The Morgan fingerprint density at radius 1 is 1.38 bits per heavy atom. The fourth-order valence-electron chi connectivity index (χ4n) is 1.83. The number of amides is 1. The Kier molecular flexibility index (Phi) is 3.38. The van der Waals surface area contributed by atoms with Crippen LogP contribution in [0.4, 0.5) is 0 Å². The molecule has 3 nitrogen and oxygen atoms in total. The van der Waals surface area contributed by atoms with Crippen molar-refractivity contribution >= 4 is 29.1 Å². The topological polar surface area (TPSA) is 46.3 Å². The lowest BCUT2D eigenvalue weighted by Gasteiger charge is -2.17. The highest BCUT2D eigenvalue weighted by Gasteiger charge is 2.27. The molecule has 1 aromatic rings. The molecule has 2 rings (SSSR count). The van der Waals surface area contributed by atoms with E-state index in [0.29, 0.717) is 28.7 Å². The molecule has 0 aliphatic carbocycles. The van der Waals surface area contributed by atoms with E-state index in [4.69, 9.17) is 28.9 Å². The summed E-state index contributed by atoms with van der Waals surface area (Å²) in [5, 5.41) is 0.774. The van der Waals surface area contributed by atoms with Crippen molar-refractivity contribution in [2.45, 2.75) is 12.5 Å². The Hall–Kier alpha value is -0.770. The molecule has 1 unspecified atom stereocenters. The number of halogens is 2. The molecule has 1 aliphatic heterocycles. The second-order valence-corrected chi connectivity index (χ2v) is 4.71. The smallest absolute Gasteiger partial charge is 0.256 e. The van der Waals surface area contributed by atoms with Crippen molar-refractivity contribution in [2.24, 2.45) is 5.73 Å². The van der Waals surface area contributed by atoms with E-state index in [1.165, 1.54) is 0 Å². The van der Waals surface area contributed by atoms with Gasteiger partial charge in [0.15, 0.2) is 0 Å². The van der Waals surface area contributed by atoms with Gasteiger partial charge in [-0.1, -0.05) is 29.3 Å². The van der Waals surface area contributed by atoms with Crippen molar-refractivity contribution in [3.8, 4) is 0 Å². The molecule has 1 atom stereocenters. The van der Waals surface area contributed by atoms with Crippen molar-refractivity contribution in [3.05, 3.63) is 33.8 Å². The van der Waals surface area contributed by atoms with E-state index in [2.05, 4.69) is 0 Å². The SMILES string of the molecule is NC1CCN(C(=O)c2c(Cl)cccc2Cl)C1. The van der Waals surface area contributed by atoms with Crippen LogP contribution in [0.25, 0.3) is 0 Å². The number of rotatable bonds is 1. The molecule has 2 N–H and O–H groups in total. The molecule has 1 amide bonds. The monoisotopic (exact) mass is 258 g/mol. The number of hydrogen-bond donors (Lipinski definition) is 1.